The molecule has 0 bridgehead atoms. The van der Waals surface area contributed by atoms with Crippen LogP contribution in [0.1, 0.15) is 15.9 Å². The summed E-state index contributed by atoms with van der Waals surface area (Å²) in [6.07, 6.45) is 0. The third-order valence-electron chi connectivity index (χ3n) is 3.11. The molecule has 0 aliphatic heterocycles. The minimum atomic E-state index is -3.72. The highest BCUT2D eigenvalue weighted by molar-refractivity contribution is 9.10. The lowest BCUT2D eigenvalue weighted by molar-refractivity contribution is 0.0948. The van der Waals surface area contributed by atoms with Crippen molar-refractivity contribution in [2.45, 2.75) is 11.4 Å². The number of halogens is 1. The number of hydrogen-bond donors (Lipinski definition) is 2. The topological polar surface area (TPSA) is 98.5 Å². The smallest absolute Gasteiger partial charge is 0.255 e. The lowest BCUT2D eigenvalue weighted by Gasteiger charge is -2.10. The second kappa shape index (κ2) is 7.12. The molecule has 0 saturated carbocycles. The van der Waals surface area contributed by atoms with Crippen LogP contribution in [0.25, 0.3) is 0 Å². The summed E-state index contributed by atoms with van der Waals surface area (Å²) < 4.78 is 28.3. The van der Waals surface area contributed by atoms with Crippen molar-refractivity contribution >= 4 is 31.9 Å². The Labute approximate surface area is 142 Å². The number of sulfonamides is 1. The molecule has 2 aromatic rings. The Morgan fingerprint density at radius 1 is 1.22 bits per heavy atom. The van der Waals surface area contributed by atoms with E-state index in [4.69, 9.17) is 9.88 Å². The fraction of sp³-hybridized carbons (Fsp3) is 0.133. The minimum Gasteiger partial charge on any atom is -0.496 e. The molecule has 8 heteroatoms. The van der Waals surface area contributed by atoms with Crippen LogP contribution in [0.4, 0.5) is 0 Å². The highest BCUT2D eigenvalue weighted by Crippen LogP contribution is 2.23. The largest absolute Gasteiger partial charge is 0.496 e. The van der Waals surface area contributed by atoms with Gasteiger partial charge in [0.1, 0.15) is 5.75 Å². The van der Waals surface area contributed by atoms with Gasteiger partial charge in [0.25, 0.3) is 5.91 Å². The summed E-state index contributed by atoms with van der Waals surface area (Å²) in [4.78, 5) is 12.3. The van der Waals surface area contributed by atoms with Crippen LogP contribution in [0.2, 0.25) is 0 Å². The summed E-state index contributed by atoms with van der Waals surface area (Å²) in [5.41, 5.74) is 1.16. The van der Waals surface area contributed by atoms with E-state index >= 15 is 0 Å². The number of carbonyl (C=O) groups excluding carboxylic acids is 1. The molecule has 0 heterocycles. The van der Waals surface area contributed by atoms with Gasteiger partial charge in [0, 0.05) is 11.0 Å². The van der Waals surface area contributed by atoms with Crippen LogP contribution in [-0.4, -0.2) is 21.4 Å². The third-order valence-corrected chi connectivity index (χ3v) is 4.53. The van der Waals surface area contributed by atoms with Gasteiger partial charge in [-0.2, -0.15) is 0 Å². The van der Waals surface area contributed by atoms with Crippen LogP contribution in [0.5, 0.6) is 5.75 Å². The Balaban J connectivity index is 2.09. The van der Waals surface area contributed by atoms with Crippen LogP contribution >= 0.6 is 15.9 Å². The van der Waals surface area contributed by atoms with Crippen LogP contribution in [0, 0.1) is 0 Å². The van der Waals surface area contributed by atoms with Crippen molar-refractivity contribution < 1.29 is 17.9 Å². The SMILES string of the molecule is COc1ccc(Br)cc1C(=O)NCc1ccc(S(N)(=O)=O)cc1. The number of nitrogens with two attached hydrogens (primary N) is 1. The first kappa shape index (κ1) is 17.5. The van der Waals surface area contributed by atoms with E-state index in [1.165, 1.54) is 19.2 Å². The van der Waals surface area contributed by atoms with E-state index in [0.29, 0.717) is 11.3 Å². The minimum absolute atomic E-state index is 0.0289. The number of carbonyl (C=O) groups is 1. The number of benzene rings is 2. The van der Waals surface area contributed by atoms with Crippen LogP contribution in [-0.2, 0) is 16.6 Å². The zero-order valence-corrected chi connectivity index (χ0v) is 14.6. The molecule has 0 aliphatic rings. The third kappa shape index (κ3) is 4.54. The van der Waals surface area contributed by atoms with Crippen LogP contribution in [0.3, 0.4) is 0 Å². The van der Waals surface area contributed by atoms with E-state index in [1.54, 1.807) is 30.3 Å². The van der Waals surface area contributed by atoms with Gasteiger partial charge < -0.3 is 10.1 Å². The first-order chi connectivity index (χ1) is 10.8. The second-order valence-corrected chi connectivity index (χ2v) is 7.19. The molecule has 0 fully saturated rings. The van der Waals surface area contributed by atoms with Crippen molar-refractivity contribution in [1.82, 2.24) is 5.32 Å². The Bertz CT molecular complexity index is 820. The molecule has 2 rings (SSSR count). The summed E-state index contributed by atoms with van der Waals surface area (Å²) in [6.45, 7) is 0.249. The van der Waals surface area contributed by atoms with Gasteiger partial charge >= 0.3 is 0 Å². The van der Waals surface area contributed by atoms with E-state index in [0.717, 1.165) is 10.0 Å². The second-order valence-electron chi connectivity index (χ2n) is 4.72. The summed E-state index contributed by atoms with van der Waals surface area (Å²) in [6, 6.07) is 11.1. The summed E-state index contributed by atoms with van der Waals surface area (Å²) in [7, 11) is -2.22. The number of rotatable bonds is 5. The molecule has 0 saturated heterocycles. The number of amides is 1. The predicted molar refractivity (Wildman–Crippen MR) is 89.7 cm³/mol. The molecule has 23 heavy (non-hydrogen) atoms. The molecule has 1 amide bonds. The van der Waals surface area contributed by atoms with Gasteiger partial charge in [-0.05, 0) is 35.9 Å². The van der Waals surface area contributed by atoms with Gasteiger partial charge in [0.05, 0.1) is 17.6 Å². The molecule has 0 radical (unpaired) electrons. The van der Waals surface area contributed by atoms with E-state index < -0.39 is 10.0 Å². The van der Waals surface area contributed by atoms with Crippen LogP contribution in [0.15, 0.2) is 51.8 Å². The molecular formula is C15H15BrN2O4S. The number of methoxy groups -OCH3 is 1. The average Bonchev–Trinajstić information content (AvgIpc) is 2.52. The summed E-state index contributed by atoms with van der Waals surface area (Å²) >= 11 is 3.31. The maximum atomic E-state index is 12.2. The monoisotopic (exact) mass is 398 g/mol. The fourth-order valence-corrected chi connectivity index (χ4v) is 2.81. The number of primary sulfonamides is 1. The molecule has 0 aromatic heterocycles. The van der Waals surface area contributed by atoms with Gasteiger partial charge in [-0.1, -0.05) is 28.1 Å². The summed E-state index contributed by atoms with van der Waals surface area (Å²) in [5, 5.41) is 7.79. The first-order valence-electron chi connectivity index (χ1n) is 6.55. The van der Waals surface area contributed by atoms with E-state index in [9.17, 15) is 13.2 Å². The Hall–Kier alpha value is -1.90. The average molecular weight is 399 g/mol. The van der Waals surface area contributed by atoms with Crippen molar-refractivity contribution in [3.05, 3.63) is 58.1 Å². The normalized spacial score (nSPS) is 11.1. The summed E-state index contributed by atoms with van der Waals surface area (Å²) in [5.74, 6) is 0.175. The molecule has 0 aliphatic carbocycles. The molecular weight excluding hydrogens is 384 g/mol. The molecule has 0 spiro atoms. The zero-order chi connectivity index (χ0) is 17.0. The number of nitrogens with one attached hydrogen (secondary N) is 1. The number of ether oxygens (including phenoxy) is 1. The predicted octanol–water partition coefficient (Wildman–Crippen LogP) is 2.04. The maximum absolute atomic E-state index is 12.2. The lowest BCUT2D eigenvalue weighted by atomic mass is 10.1. The molecule has 122 valence electrons. The number of hydrogen-bond acceptors (Lipinski definition) is 4. The van der Waals surface area contributed by atoms with E-state index in [-0.39, 0.29) is 17.3 Å². The van der Waals surface area contributed by atoms with Gasteiger partial charge in [0.2, 0.25) is 10.0 Å². The van der Waals surface area contributed by atoms with Crippen molar-refractivity contribution in [3.63, 3.8) is 0 Å². The van der Waals surface area contributed by atoms with Crippen LogP contribution < -0.4 is 15.2 Å². The maximum Gasteiger partial charge on any atom is 0.255 e. The standard InChI is InChI=1S/C15H15BrN2O4S/c1-22-14-7-4-11(16)8-13(14)15(19)18-9-10-2-5-12(6-3-10)23(17,20)21/h2-8H,9H2,1H3,(H,18,19)(H2,17,20,21). The molecule has 3 N–H and O–H groups in total. The Morgan fingerprint density at radius 2 is 1.87 bits per heavy atom. The molecule has 2 aromatic carbocycles. The fourth-order valence-electron chi connectivity index (χ4n) is 1.93. The van der Waals surface area contributed by atoms with Crippen molar-refractivity contribution in [3.8, 4) is 5.75 Å². The Morgan fingerprint density at radius 3 is 2.43 bits per heavy atom. The van der Waals surface area contributed by atoms with Gasteiger partial charge in [-0.15, -0.1) is 0 Å². The lowest BCUT2D eigenvalue weighted by Crippen LogP contribution is -2.23. The van der Waals surface area contributed by atoms with Crippen molar-refractivity contribution in [2.24, 2.45) is 5.14 Å². The van der Waals surface area contributed by atoms with Crippen molar-refractivity contribution in [1.29, 1.82) is 0 Å². The first-order valence-corrected chi connectivity index (χ1v) is 8.88. The highest BCUT2D eigenvalue weighted by atomic mass is 79.9. The molecule has 6 nitrogen and oxygen atoms in total. The van der Waals surface area contributed by atoms with Gasteiger partial charge in [0.15, 0.2) is 0 Å². The quantitative estimate of drug-likeness (QED) is 0.804. The van der Waals surface area contributed by atoms with E-state index in [1.807, 2.05) is 0 Å². The van der Waals surface area contributed by atoms with Gasteiger partial charge in [-0.3, -0.25) is 4.79 Å². The highest BCUT2D eigenvalue weighted by Gasteiger charge is 2.13. The van der Waals surface area contributed by atoms with E-state index in [2.05, 4.69) is 21.2 Å². The molecule has 0 unspecified atom stereocenters. The van der Waals surface area contributed by atoms with Crippen molar-refractivity contribution in [2.75, 3.05) is 7.11 Å². The molecule has 0 atom stereocenters. The van der Waals surface area contributed by atoms with Gasteiger partial charge in [-0.25, -0.2) is 13.6 Å². The zero-order valence-electron chi connectivity index (χ0n) is 12.2. The Kier molecular flexibility index (Phi) is 5.40.